The summed E-state index contributed by atoms with van der Waals surface area (Å²) in [6, 6.07) is 7.68. The van der Waals surface area contributed by atoms with Crippen molar-refractivity contribution in [3.8, 4) is 5.75 Å². The summed E-state index contributed by atoms with van der Waals surface area (Å²) in [7, 11) is 0. The molecule has 1 aromatic rings. The van der Waals surface area contributed by atoms with E-state index >= 15 is 0 Å². The third kappa shape index (κ3) is 3.83. The highest BCUT2D eigenvalue weighted by Crippen LogP contribution is 2.18. The van der Waals surface area contributed by atoms with Crippen LogP contribution in [0.2, 0.25) is 0 Å². The molecule has 1 rings (SSSR count). The molecule has 0 spiro atoms. The Labute approximate surface area is 97.2 Å². The lowest BCUT2D eigenvalue weighted by molar-refractivity contribution is 0.00846. The van der Waals surface area contributed by atoms with Gasteiger partial charge in [-0.1, -0.05) is 19.1 Å². The molecule has 0 radical (unpaired) electrons. The molecule has 2 atom stereocenters. The summed E-state index contributed by atoms with van der Waals surface area (Å²) in [4.78, 5) is 0. The number of hydrogen-bond donors (Lipinski definition) is 2. The molecule has 0 bridgehead atoms. The molecule has 16 heavy (non-hydrogen) atoms. The van der Waals surface area contributed by atoms with E-state index in [9.17, 15) is 5.11 Å². The first-order valence-electron chi connectivity index (χ1n) is 5.65. The van der Waals surface area contributed by atoms with Crippen LogP contribution >= 0.6 is 0 Å². The topological polar surface area (TPSA) is 55.5 Å². The molecule has 90 valence electrons. The van der Waals surface area contributed by atoms with E-state index in [2.05, 4.69) is 0 Å². The standard InChI is InChI=1S/C13H21NO2/c1-4-13(3,15)9-16-12-7-5-11(6-8-12)10(2)14/h5-8,10,15H,4,9,14H2,1-3H3. The lowest BCUT2D eigenvalue weighted by Gasteiger charge is -2.21. The van der Waals surface area contributed by atoms with Crippen molar-refractivity contribution in [1.29, 1.82) is 0 Å². The van der Waals surface area contributed by atoms with Gasteiger partial charge in [0.2, 0.25) is 0 Å². The minimum atomic E-state index is -0.764. The Bertz CT molecular complexity index is 317. The molecular formula is C13H21NO2. The molecule has 1 aromatic carbocycles. The Morgan fingerprint density at radius 1 is 1.38 bits per heavy atom. The van der Waals surface area contributed by atoms with Crippen molar-refractivity contribution in [1.82, 2.24) is 0 Å². The quantitative estimate of drug-likeness (QED) is 0.805. The maximum Gasteiger partial charge on any atom is 0.119 e. The second kappa shape index (κ2) is 5.32. The van der Waals surface area contributed by atoms with Crippen LogP contribution in [0.4, 0.5) is 0 Å². The zero-order valence-corrected chi connectivity index (χ0v) is 10.2. The molecule has 0 saturated carbocycles. The maximum absolute atomic E-state index is 9.78. The van der Waals surface area contributed by atoms with Crippen LogP contribution in [0, 0.1) is 0 Å². The highest BCUT2D eigenvalue weighted by atomic mass is 16.5. The maximum atomic E-state index is 9.78. The van der Waals surface area contributed by atoms with Crippen molar-refractivity contribution in [2.24, 2.45) is 5.73 Å². The van der Waals surface area contributed by atoms with Gasteiger partial charge in [-0.2, -0.15) is 0 Å². The molecule has 2 unspecified atom stereocenters. The molecule has 0 aliphatic carbocycles. The third-order valence-corrected chi connectivity index (χ3v) is 2.72. The summed E-state index contributed by atoms with van der Waals surface area (Å²) in [5.74, 6) is 0.762. The molecule has 0 amide bonds. The Hall–Kier alpha value is -1.06. The molecule has 0 saturated heterocycles. The lowest BCUT2D eigenvalue weighted by atomic mass is 10.1. The Morgan fingerprint density at radius 3 is 2.38 bits per heavy atom. The van der Waals surface area contributed by atoms with E-state index in [0.29, 0.717) is 13.0 Å². The van der Waals surface area contributed by atoms with Gasteiger partial charge in [-0.15, -0.1) is 0 Å². The summed E-state index contributed by atoms with van der Waals surface area (Å²) < 4.78 is 5.51. The van der Waals surface area contributed by atoms with E-state index < -0.39 is 5.60 Å². The van der Waals surface area contributed by atoms with E-state index in [-0.39, 0.29) is 6.04 Å². The number of rotatable bonds is 5. The van der Waals surface area contributed by atoms with Gasteiger partial charge in [0.1, 0.15) is 12.4 Å². The summed E-state index contributed by atoms with van der Waals surface area (Å²) in [5, 5.41) is 9.78. The van der Waals surface area contributed by atoms with Gasteiger partial charge < -0.3 is 15.6 Å². The monoisotopic (exact) mass is 223 g/mol. The number of benzene rings is 1. The Kier molecular flexibility index (Phi) is 4.33. The average molecular weight is 223 g/mol. The Balaban J connectivity index is 2.56. The van der Waals surface area contributed by atoms with E-state index in [1.54, 1.807) is 6.92 Å². The van der Waals surface area contributed by atoms with E-state index in [1.807, 2.05) is 38.1 Å². The molecule has 3 N–H and O–H groups in total. The van der Waals surface area contributed by atoms with Gasteiger partial charge in [0.25, 0.3) is 0 Å². The first kappa shape index (κ1) is 13.0. The molecular weight excluding hydrogens is 202 g/mol. The van der Waals surface area contributed by atoms with Crippen LogP contribution in [0.25, 0.3) is 0 Å². The average Bonchev–Trinajstić information content (AvgIpc) is 2.27. The van der Waals surface area contributed by atoms with Crippen LogP contribution < -0.4 is 10.5 Å². The number of ether oxygens (including phenoxy) is 1. The summed E-state index contributed by atoms with van der Waals surface area (Å²) >= 11 is 0. The number of aliphatic hydroxyl groups is 1. The fourth-order valence-corrected chi connectivity index (χ4v) is 1.21. The molecule has 3 heteroatoms. The SMILES string of the molecule is CCC(C)(O)COc1ccc(C(C)N)cc1. The van der Waals surface area contributed by atoms with Crippen molar-refractivity contribution in [2.45, 2.75) is 38.8 Å². The van der Waals surface area contributed by atoms with Crippen LogP contribution in [0.5, 0.6) is 5.75 Å². The molecule has 0 aromatic heterocycles. The molecule has 0 heterocycles. The normalized spacial score (nSPS) is 16.6. The zero-order valence-electron chi connectivity index (χ0n) is 10.2. The van der Waals surface area contributed by atoms with E-state index in [4.69, 9.17) is 10.5 Å². The summed E-state index contributed by atoms with van der Waals surface area (Å²) in [6.45, 7) is 5.95. The second-order valence-electron chi connectivity index (χ2n) is 4.50. The van der Waals surface area contributed by atoms with Crippen LogP contribution in [0.15, 0.2) is 24.3 Å². The van der Waals surface area contributed by atoms with Crippen molar-refractivity contribution < 1.29 is 9.84 Å². The number of hydrogen-bond acceptors (Lipinski definition) is 3. The minimum Gasteiger partial charge on any atom is -0.491 e. The van der Waals surface area contributed by atoms with E-state index in [1.165, 1.54) is 0 Å². The summed E-state index contributed by atoms with van der Waals surface area (Å²) in [5.41, 5.74) is 6.06. The van der Waals surface area contributed by atoms with E-state index in [0.717, 1.165) is 11.3 Å². The predicted molar refractivity (Wildman–Crippen MR) is 65.5 cm³/mol. The van der Waals surface area contributed by atoms with Crippen LogP contribution in [-0.2, 0) is 0 Å². The molecule has 0 aliphatic rings. The fraction of sp³-hybridized carbons (Fsp3) is 0.538. The highest BCUT2D eigenvalue weighted by Gasteiger charge is 2.18. The second-order valence-corrected chi connectivity index (χ2v) is 4.50. The highest BCUT2D eigenvalue weighted by molar-refractivity contribution is 5.28. The van der Waals surface area contributed by atoms with Crippen LogP contribution in [-0.4, -0.2) is 17.3 Å². The van der Waals surface area contributed by atoms with Gasteiger partial charge in [0, 0.05) is 6.04 Å². The van der Waals surface area contributed by atoms with Crippen molar-refractivity contribution >= 4 is 0 Å². The minimum absolute atomic E-state index is 0.0350. The van der Waals surface area contributed by atoms with Gasteiger partial charge in [-0.05, 0) is 38.0 Å². The Morgan fingerprint density at radius 2 is 1.94 bits per heavy atom. The first-order chi connectivity index (χ1) is 7.44. The van der Waals surface area contributed by atoms with Gasteiger partial charge in [0.05, 0.1) is 5.60 Å². The summed E-state index contributed by atoms with van der Waals surface area (Å²) in [6.07, 6.45) is 0.672. The van der Waals surface area contributed by atoms with Gasteiger partial charge in [-0.3, -0.25) is 0 Å². The predicted octanol–water partition coefficient (Wildman–Crippen LogP) is 2.25. The molecule has 0 aliphatic heterocycles. The van der Waals surface area contributed by atoms with Gasteiger partial charge >= 0.3 is 0 Å². The smallest absolute Gasteiger partial charge is 0.119 e. The van der Waals surface area contributed by atoms with Crippen molar-refractivity contribution in [3.63, 3.8) is 0 Å². The zero-order chi connectivity index (χ0) is 12.2. The van der Waals surface area contributed by atoms with Crippen LogP contribution in [0.3, 0.4) is 0 Å². The van der Waals surface area contributed by atoms with Crippen molar-refractivity contribution in [3.05, 3.63) is 29.8 Å². The largest absolute Gasteiger partial charge is 0.491 e. The number of nitrogens with two attached hydrogens (primary N) is 1. The lowest BCUT2D eigenvalue weighted by Crippen LogP contribution is -2.31. The third-order valence-electron chi connectivity index (χ3n) is 2.72. The fourth-order valence-electron chi connectivity index (χ4n) is 1.21. The first-order valence-corrected chi connectivity index (χ1v) is 5.65. The van der Waals surface area contributed by atoms with Gasteiger partial charge in [-0.25, -0.2) is 0 Å². The van der Waals surface area contributed by atoms with Gasteiger partial charge in [0.15, 0.2) is 0 Å². The molecule has 0 fully saturated rings. The van der Waals surface area contributed by atoms with Crippen molar-refractivity contribution in [2.75, 3.05) is 6.61 Å². The molecule has 3 nitrogen and oxygen atoms in total. The van der Waals surface area contributed by atoms with Crippen LogP contribution in [0.1, 0.15) is 38.8 Å².